The molecule has 9 heteroatoms. The number of alkyl halides is 3. The van der Waals surface area contributed by atoms with Crippen LogP contribution in [0.25, 0.3) is 11.1 Å². The molecular weight excluding hydrogens is 486 g/mol. The molecule has 0 spiro atoms. The summed E-state index contributed by atoms with van der Waals surface area (Å²) in [5.41, 5.74) is 3.47. The van der Waals surface area contributed by atoms with Crippen molar-refractivity contribution in [3.05, 3.63) is 75.0 Å². The first-order chi connectivity index (χ1) is 16.2. The van der Waals surface area contributed by atoms with Gasteiger partial charge in [0.25, 0.3) is 0 Å². The lowest BCUT2D eigenvalue weighted by atomic mass is 9.92. The van der Waals surface area contributed by atoms with E-state index in [0.717, 1.165) is 43.5 Å². The van der Waals surface area contributed by atoms with E-state index in [-0.39, 0.29) is 17.9 Å². The zero-order valence-electron chi connectivity index (χ0n) is 18.1. The first-order valence-electron chi connectivity index (χ1n) is 11.2. The summed E-state index contributed by atoms with van der Waals surface area (Å²) in [5, 5.41) is 8.00. The van der Waals surface area contributed by atoms with Crippen LogP contribution in [0.15, 0.2) is 42.6 Å². The Balaban J connectivity index is 1.30. The van der Waals surface area contributed by atoms with Crippen molar-refractivity contribution in [3.63, 3.8) is 0 Å². The average molecular weight is 508 g/mol. The molecule has 2 aliphatic rings. The predicted octanol–water partition coefficient (Wildman–Crippen LogP) is 6.35. The molecular formula is C25H22Cl2F3N3O. The molecule has 3 aromatic rings. The summed E-state index contributed by atoms with van der Waals surface area (Å²) >= 11 is 13.1. The Morgan fingerprint density at radius 1 is 1.06 bits per heavy atom. The van der Waals surface area contributed by atoms with Crippen LogP contribution in [0.2, 0.25) is 10.0 Å². The lowest BCUT2D eigenvalue weighted by Crippen LogP contribution is -2.41. The molecule has 1 aliphatic heterocycles. The fourth-order valence-corrected chi connectivity index (χ4v) is 5.68. The van der Waals surface area contributed by atoms with Crippen LogP contribution in [-0.2, 0) is 30.2 Å². The van der Waals surface area contributed by atoms with Crippen molar-refractivity contribution < 1.29 is 18.0 Å². The number of hydrogen-bond donors (Lipinski definition) is 1. The molecule has 0 unspecified atom stereocenters. The van der Waals surface area contributed by atoms with Gasteiger partial charge in [0.15, 0.2) is 0 Å². The number of benzene rings is 2. The van der Waals surface area contributed by atoms with E-state index in [1.54, 1.807) is 12.1 Å². The summed E-state index contributed by atoms with van der Waals surface area (Å²) in [6.45, 7) is 0.709. The minimum atomic E-state index is -4.39. The summed E-state index contributed by atoms with van der Waals surface area (Å²) < 4.78 is 38.5. The number of hydrogen-bond acceptors (Lipinski definition) is 2. The topological polar surface area (TPSA) is 49.0 Å². The average Bonchev–Trinajstić information content (AvgIpc) is 3.41. The van der Waals surface area contributed by atoms with Gasteiger partial charge in [-0.05, 0) is 78.6 Å². The highest BCUT2D eigenvalue weighted by molar-refractivity contribution is 6.36. The Morgan fingerprint density at radius 3 is 2.44 bits per heavy atom. The Kier molecular flexibility index (Phi) is 6.10. The van der Waals surface area contributed by atoms with Crippen LogP contribution in [0.1, 0.15) is 35.2 Å². The number of carbonyl (C=O) groups excluding carboxylic acids is 1. The lowest BCUT2D eigenvalue weighted by molar-refractivity contribution is -0.137. The SMILES string of the molecule is O=C1[C@H](Cc2c(Cl)cc(-c3ccc(C(F)(F)F)cc3)cc2Cl)CCN1[C@H]1CCc2n[nH]cc2C1. The van der Waals surface area contributed by atoms with Gasteiger partial charge in [-0.3, -0.25) is 9.89 Å². The number of nitrogens with one attached hydrogen (secondary N) is 1. The van der Waals surface area contributed by atoms with Crippen molar-refractivity contribution in [1.82, 2.24) is 15.1 Å². The van der Waals surface area contributed by atoms with E-state index in [2.05, 4.69) is 10.2 Å². The fraction of sp³-hybridized carbons (Fsp3) is 0.360. The molecule has 1 aliphatic carbocycles. The largest absolute Gasteiger partial charge is 0.416 e. The van der Waals surface area contributed by atoms with Crippen LogP contribution in [0.4, 0.5) is 13.2 Å². The van der Waals surface area contributed by atoms with Crippen molar-refractivity contribution in [1.29, 1.82) is 0 Å². The van der Waals surface area contributed by atoms with E-state index >= 15 is 0 Å². The van der Waals surface area contributed by atoms with Crippen molar-refractivity contribution in [2.75, 3.05) is 6.54 Å². The number of fused-ring (bicyclic) bond motifs is 1. The second-order valence-corrected chi connectivity index (χ2v) is 9.78. The summed E-state index contributed by atoms with van der Waals surface area (Å²) in [6, 6.07) is 8.45. The Labute approximate surface area is 205 Å². The summed E-state index contributed by atoms with van der Waals surface area (Å²) in [4.78, 5) is 15.2. The smallest absolute Gasteiger partial charge is 0.339 e. The second kappa shape index (κ2) is 8.93. The van der Waals surface area contributed by atoms with Gasteiger partial charge in [0.2, 0.25) is 5.91 Å². The molecule has 0 saturated carbocycles. The number of rotatable bonds is 4. The number of nitrogens with zero attached hydrogens (tertiary/aromatic N) is 2. The number of likely N-dealkylation sites (tertiary alicyclic amines) is 1. The van der Waals surface area contributed by atoms with Gasteiger partial charge in [-0.15, -0.1) is 0 Å². The molecule has 1 fully saturated rings. The first-order valence-corrected chi connectivity index (χ1v) is 11.9. The van der Waals surface area contributed by atoms with Gasteiger partial charge >= 0.3 is 6.18 Å². The quantitative estimate of drug-likeness (QED) is 0.447. The maximum absolute atomic E-state index is 13.2. The summed E-state index contributed by atoms with van der Waals surface area (Å²) in [7, 11) is 0. The van der Waals surface area contributed by atoms with Gasteiger partial charge in [-0.2, -0.15) is 18.3 Å². The number of H-pyrrole nitrogens is 1. The van der Waals surface area contributed by atoms with E-state index in [4.69, 9.17) is 23.2 Å². The normalized spacial score (nSPS) is 20.6. The van der Waals surface area contributed by atoms with E-state index in [9.17, 15) is 18.0 Å². The maximum Gasteiger partial charge on any atom is 0.416 e. The molecule has 1 saturated heterocycles. The Bertz CT molecular complexity index is 1200. The van der Waals surface area contributed by atoms with E-state index in [1.165, 1.54) is 17.7 Å². The molecule has 0 radical (unpaired) electrons. The molecule has 178 valence electrons. The Morgan fingerprint density at radius 2 is 1.76 bits per heavy atom. The molecule has 2 heterocycles. The van der Waals surface area contributed by atoms with Crippen LogP contribution in [0.5, 0.6) is 0 Å². The number of carbonyl (C=O) groups is 1. The molecule has 1 aromatic heterocycles. The van der Waals surface area contributed by atoms with E-state index < -0.39 is 11.7 Å². The number of halogens is 5. The van der Waals surface area contributed by atoms with Gasteiger partial charge in [0.05, 0.1) is 11.3 Å². The molecule has 5 rings (SSSR count). The molecule has 34 heavy (non-hydrogen) atoms. The monoisotopic (exact) mass is 507 g/mol. The van der Waals surface area contributed by atoms with Crippen LogP contribution in [-0.4, -0.2) is 33.6 Å². The zero-order chi connectivity index (χ0) is 24.0. The third-order valence-corrected chi connectivity index (χ3v) is 7.58. The van der Waals surface area contributed by atoms with Crippen molar-refractivity contribution in [2.45, 2.75) is 44.3 Å². The standard InChI is InChI=1S/C25H22Cl2F3N3O/c26-21-11-16(14-1-3-18(4-2-14)25(28,29)30)12-22(27)20(21)10-15-7-8-33(24(15)34)19-5-6-23-17(9-19)13-31-32-23/h1-4,11-13,15,19H,5-10H2,(H,31,32)/t15-,19-/m0/s1. The fourth-order valence-electron chi connectivity index (χ4n) is 5.04. The molecule has 2 atom stereocenters. The number of aromatic amines is 1. The van der Waals surface area contributed by atoms with Crippen LogP contribution < -0.4 is 0 Å². The predicted molar refractivity (Wildman–Crippen MR) is 125 cm³/mol. The van der Waals surface area contributed by atoms with Gasteiger partial charge in [-0.25, -0.2) is 0 Å². The molecule has 1 amide bonds. The first kappa shape index (κ1) is 23.2. The minimum Gasteiger partial charge on any atom is -0.339 e. The van der Waals surface area contributed by atoms with Crippen LogP contribution in [0, 0.1) is 5.92 Å². The number of aryl methyl sites for hydroxylation is 1. The highest BCUT2D eigenvalue weighted by Gasteiger charge is 2.38. The Hall–Kier alpha value is -2.51. The molecule has 0 bridgehead atoms. The zero-order valence-corrected chi connectivity index (χ0v) is 19.6. The van der Waals surface area contributed by atoms with Gasteiger partial charge in [0.1, 0.15) is 0 Å². The summed E-state index contributed by atoms with van der Waals surface area (Å²) in [6.07, 6.45) is 1.27. The highest BCUT2D eigenvalue weighted by Crippen LogP contribution is 2.37. The van der Waals surface area contributed by atoms with E-state index in [0.29, 0.717) is 39.7 Å². The van der Waals surface area contributed by atoms with E-state index in [1.807, 2.05) is 11.1 Å². The van der Waals surface area contributed by atoms with Gasteiger partial charge < -0.3 is 4.90 Å². The third kappa shape index (κ3) is 4.43. The number of aromatic nitrogens is 2. The number of amides is 1. The third-order valence-electron chi connectivity index (χ3n) is 6.91. The molecule has 1 N–H and O–H groups in total. The van der Waals surface area contributed by atoms with Crippen molar-refractivity contribution in [3.8, 4) is 11.1 Å². The van der Waals surface area contributed by atoms with Crippen molar-refractivity contribution in [2.24, 2.45) is 5.92 Å². The molecule has 2 aromatic carbocycles. The highest BCUT2D eigenvalue weighted by atomic mass is 35.5. The van der Waals surface area contributed by atoms with Crippen molar-refractivity contribution >= 4 is 29.1 Å². The minimum absolute atomic E-state index is 0.121. The lowest BCUT2D eigenvalue weighted by Gasteiger charge is -2.31. The van der Waals surface area contributed by atoms with Gasteiger partial charge in [0, 0.05) is 34.7 Å². The summed E-state index contributed by atoms with van der Waals surface area (Å²) in [5.74, 6) is -0.0754. The second-order valence-electron chi connectivity index (χ2n) is 8.97. The van der Waals surface area contributed by atoms with Gasteiger partial charge in [-0.1, -0.05) is 35.3 Å². The molecule has 4 nitrogen and oxygen atoms in total. The van der Waals surface area contributed by atoms with Crippen LogP contribution >= 0.6 is 23.2 Å². The van der Waals surface area contributed by atoms with Crippen LogP contribution in [0.3, 0.4) is 0 Å². The maximum atomic E-state index is 13.2.